The maximum atomic E-state index is 13.0. The molecule has 32 heavy (non-hydrogen) atoms. The van der Waals surface area contributed by atoms with Gasteiger partial charge in [0.05, 0.1) is 35.3 Å². The molecule has 0 bridgehead atoms. The average Bonchev–Trinajstić information content (AvgIpc) is 3.58. The Morgan fingerprint density at radius 1 is 1.19 bits per heavy atom. The van der Waals surface area contributed by atoms with Crippen molar-refractivity contribution in [1.82, 2.24) is 29.0 Å². The predicted octanol–water partition coefficient (Wildman–Crippen LogP) is 3.11. The van der Waals surface area contributed by atoms with Crippen LogP contribution in [-0.4, -0.2) is 50.5 Å². The minimum atomic E-state index is -3.55. The minimum Gasteiger partial charge on any atom is -0.346 e. The zero-order valence-electron chi connectivity index (χ0n) is 17.2. The van der Waals surface area contributed by atoms with E-state index in [1.54, 1.807) is 35.3 Å². The lowest BCUT2D eigenvalue weighted by Crippen LogP contribution is -2.28. The number of benzene rings is 1. The molecule has 4 aromatic rings. The molecule has 9 nitrogen and oxygen atoms in total. The van der Waals surface area contributed by atoms with Gasteiger partial charge >= 0.3 is 0 Å². The lowest BCUT2D eigenvalue weighted by atomic mass is 10.0. The molecule has 0 aliphatic carbocycles. The van der Waals surface area contributed by atoms with Crippen LogP contribution in [0, 0.1) is 11.3 Å². The summed E-state index contributed by atoms with van der Waals surface area (Å²) in [6.07, 6.45) is 8.73. The Labute approximate surface area is 185 Å². The second-order valence-corrected chi connectivity index (χ2v) is 9.67. The van der Waals surface area contributed by atoms with Crippen LogP contribution in [-0.2, 0) is 10.0 Å². The number of H-pyrrole nitrogens is 1. The fourth-order valence-electron chi connectivity index (χ4n) is 4.14. The molecule has 1 fully saturated rings. The van der Waals surface area contributed by atoms with E-state index in [1.807, 2.05) is 18.3 Å². The van der Waals surface area contributed by atoms with Crippen molar-refractivity contribution < 1.29 is 8.42 Å². The molecular formula is C22H21N7O2S. The number of nitriles is 1. The molecule has 162 valence electrons. The molecule has 0 spiro atoms. The SMILES string of the molecule is N#CCC(c1cccc(S(=O)(=O)N2CCCC2)c1)n1cc(-c2ncnc3[nH]ccc23)cn1. The smallest absolute Gasteiger partial charge is 0.243 e. The number of aromatic amines is 1. The summed E-state index contributed by atoms with van der Waals surface area (Å²) >= 11 is 0. The van der Waals surface area contributed by atoms with Crippen molar-refractivity contribution in [2.24, 2.45) is 0 Å². The number of rotatable bonds is 6. The number of sulfonamides is 1. The quantitative estimate of drug-likeness (QED) is 0.485. The summed E-state index contributed by atoms with van der Waals surface area (Å²) in [4.78, 5) is 11.9. The van der Waals surface area contributed by atoms with Crippen molar-refractivity contribution >= 4 is 21.1 Å². The highest BCUT2D eigenvalue weighted by Crippen LogP contribution is 2.29. The summed E-state index contributed by atoms with van der Waals surface area (Å²) in [6, 6.07) is 10.5. The van der Waals surface area contributed by atoms with Crippen LogP contribution in [0.15, 0.2) is 60.1 Å². The third-order valence-electron chi connectivity index (χ3n) is 5.78. The van der Waals surface area contributed by atoms with Gasteiger partial charge < -0.3 is 4.98 Å². The normalized spacial score (nSPS) is 15.7. The fourth-order valence-corrected chi connectivity index (χ4v) is 5.72. The molecule has 0 radical (unpaired) electrons. The van der Waals surface area contributed by atoms with Crippen molar-refractivity contribution in [3.8, 4) is 17.3 Å². The zero-order valence-corrected chi connectivity index (χ0v) is 18.0. The van der Waals surface area contributed by atoms with Gasteiger partial charge in [0.2, 0.25) is 10.0 Å². The molecule has 1 atom stereocenters. The Hall–Kier alpha value is -3.55. The number of hydrogen-bond acceptors (Lipinski definition) is 6. The van der Waals surface area contributed by atoms with Crippen molar-refractivity contribution in [2.75, 3.05) is 13.1 Å². The lowest BCUT2D eigenvalue weighted by molar-refractivity contribution is 0.476. The van der Waals surface area contributed by atoms with E-state index in [-0.39, 0.29) is 11.3 Å². The van der Waals surface area contributed by atoms with E-state index in [4.69, 9.17) is 0 Å². The topological polar surface area (TPSA) is 121 Å². The second kappa shape index (κ2) is 8.18. The van der Waals surface area contributed by atoms with Crippen LogP contribution >= 0.6 is 0 Å². The third kappa shape index (κ3) is 3.55. The van der Waals surface area contributed by atoms with E-state index >= 15 is 0 Å². The summed E-state index contributed by atoms with van der Waals surface area (Å²) in [5.74, 6) is 0. The van der Waals surface area contributed by atoms with Crippen molar-refractivity contribution in [3.63, 3.8) is 0 Å². The second-order valence-electron chi connectivity index (χ2n) is 7.73. The van der Waals surface area contributed by atoms with Gasteiger partial charge in [-0.1, -0.05) is 12.1 Å². The number of nitrogens with zero attached hydrogens (tertiary/aromatic N) is 6. The van der Waals surface area contributed by atoms with E-state index in [9.17, 15) is 13.7 Å². The molecule has 10 heteroatoms. The molecule has 5 rings (SSSR count). The van der Waals surface area contributed by atoms with Crippen LogP contribution in [0.1, 0.15) is 30.9 Å². The molecule has 4 heterocycles. The monoisotopic (exact) mass is 447 g/mol. The Morgan fingerprint density at radius 2 is 2.03 bits per heavy atom. The highest BCUT2D eigenvalue weighted by Gasteiger charge is 2.28. The van der Waals surface area contributed by atoms with Gasteiger partial charge in [0.1, 0.15) is 12.0 Å². The Morgan fingerprint density at radius 3 is 2.84 bits per heavy atom. The number of aromatic nitrogens is 5. The van der Waals surface area contributed by atoms with Crippen LogP contribution < -0.4 is 0 Å². The van der Waals surface area contributed by atoms with Crippen LogP contribution in [0.25, 0.3) is 22.3 Å². The first-order valence-corrected chi connectivity index (χ1v) is 11.8. The third-order valence-corrected chi connectivity index (χ3v) is 7.67. The maximum absolute atomic E-state index is 13.0. The van der Waals surface area contributed by atoms with Gasteiger partial charge in [-0.05, 0) is 36.6 Å². The highest BCUT2D eigenvalue weighted by atomic mass is 32.2. The van der Waals surface area contributed by atoms with Gasteiger partial charge in [0, 0.05) is 36.4 Å². The van der Waals surface area contributed by atoms with E-state index in [1.165, 1.54) is 10.6 Å². The van der Waals surface area contributed by atoms with E-state index in [0.29, 0.717) is 13.1 Å². The summed E-state index contributed by atoms with van der Waals surface area (Å²) in [6.45, 7) is 1.09. The zero-order chi connectivity index (χ0) is 22.1. The van der Waals surface area contributed by atoms with Crippen LogP contribution in [0.4, 0.5) is 0 Å². The molecule has 1 aromatic carbocycles. The van der Waals surface area contributed by atoms with Gasteiger partial charge in [-0.15, -0.1) is 0 Å². The van der Waals surface area contributed by atoms with Crippen LogP contribution in [0.5, 0.6) is 0 Å². The Kier molecular flexibility index (Phi) is 5.20. The molecule has 0 amide bonds. The van der Waals surface area contributed by atoms with Crippen molar-refractivity contribution in [2.45, 2.75) is 30.2 Å². The number of hydrogen-bond donors (Lipinski definition) is 1. The van der Waals surface area contributed by atoms with Crippen LogP contribution in [0.2, 0.25) is 0 Å². The largest absolute Gasteiger partial charge is 0.346 e. The highest BCUT2D eigenvalue weighted by molar-refractivity contribution is 7.89. The van der Waals surface area contributed by atoms with Crippen molar-refractivity contribution in [3.05, 3.63) is 60.8 Å². The van der Waals surface area contributed by atoms with Gasteiger partial charge in [-0.2, -0.15) is 14.7 Å². The number of fused-ring (bicyclic) bond motifs is 1. The average molecular weight is 448 g/mol. The molecule has 1 aliphatic rings. The van der Waals surface area contributed by atoms with Crippen molar-refractivity contribution in [1.29, 1.82) is 5.26 Å². The standard InChI is InChI=1S/C22H21N7O2S/c23-8-6-20(16-4-3-5-18(12-16)32(30,31)28-10-1-2-11-28)29-14-17(13-27-29)21-19-7-9-24-22(19)26-15-25-21/h3-5,7,9,12-15,20H,1-2,6,10-11H2,(H,24,25,26). The molecule has 1 saturated heterocycles. The molecule has 3 aromatic heterocycles. The van der Waals surface area contributed by atoms with Gasteiger partial charge in [0.15, 0.2) is 0 Å². The van der Waals surface area contributed by atoms with E-state index in [0.717, 1.165) is 40.7 Å². The first-order chi connectivity index (χ1) is 15.6. The first kappa shape index (κ1) is 20.4. The minimum absolute atomic E-state index is 0.150. The van der Waals surface area contributed by atoms with E-state index < -0.39 is 16.1 Å². The summed E-state index contributed by atoms with van der Waals surface area (Å²) in [7, 11) is -3.55. The van der Waals surface area contributed by atoms with Gasteiger partial charge in [0.25, 0.3) is 0 Å². The molecule has 1 aliphatic heterocycles. The first-order valence-electron chi connectivity index (χ1n) is 10.4. The molecule has 1 unspecified atom stereocenters. The van der Waals surface area contributed by atoms with Gasteiger partial charge in [-0.3, -0.25) is 4.68 Å². The Bertz CT molecular complexity index is 1410. The summed E-state index contributed by atoms with van der Waals surface area (Å²) in [5, 5.41) is 14.8. The maximum Gasteiger partial charge on any atom is 0.243 e. The molecule has 1 N–H and O–H groups in total. The molecular weight excluding hydrogens is 426 g/mol. The predicted molar refractivity (Wildman–Crippen MR) is 118 cm³/mol. The molecule has 0 saturated carbocycles. The summed E-state index contributed by atoms with van der Waals surface area (Å²) < 4.78 is 29.2. The van der Waals surface area contributed by atoms with E-state index in [2.05, 4.69) is 26.1 Å². The van der Waals surface area contributed by atoms with Crippen LogP contribution in [0.3, 0.4) is 0 Å². The fraction of sp³-hybridized carbons (Fsp3) is 0.273. The lowest BCUT2D eigenvalue weighted by Gasteiger charge is -2.19. The number of nitrogens with one attached hydrogen (secondary N) is 1. The Balaban J connectivity index is 1.51. The van der Waals surface area contributed by atoms with Gasteiger partial charge in [-0.25, -0.2) is 18.4 Å². The summed E-state index contributed by atoms with van der Waals surface area (Å²) in [5.41, 5.74) is 2.98.